The van der Waals surface area contributed by atoms with Gasteiger partial charge in [-0.3, -0.25) is 4.79 Å². The first-order chi connectivity index (χ1) is 11.7. The number of carbonyl (C=O) groups is 1. The lowest BCUT2D eigenvalue weighted by molar-refractivity contribution is -0.129. The molecule has 1 fully saturated rings. The molecule has 1 amide bonds. The maximum atomic E-state index is 12.3. The Hall–Kier alpha value is -2.08. The summed E-state index contributed by atoms with van der Waals surface area (Å²) in [5.74, 6) is 2.27. The monoisotopic (exact) mass is 343 g/mol. The Bertz CT molecular complexity index is 681. The van der Waals surface area contributed by atoms with Crippen molar-refractivity contribution in [2.75, 3.05) is 18.8 Å². The van der Waals surface area contributed by atoms with E-state index in [1.54, 1.807) is 24.0 Å². The zero-order chi connectivity index (χ0) is 16.8. The Morgan fingerprint density at radius 3 is 2.96 bits per heavy atom. The zero-order valence-electron chi connectivity index (χ0n) is 13.7. The number of hydrogen-bond donors (Lipinski definition) is 0. The number of ether oxygens (including phenoxy) is 1. The Morgan fingerprint density at radius 1 is 1.33 bits per heavy atom. The van der Waals surface area contributed by atoms with Gasteiger partial charge in [0.1, 0.15) is 11.9 Å². The maximum Gasteiger partial charge on any atom is 0.223 e. The number of aryl methyl sites for hydroxylation is 1. The molecule has 0 radical (unpaired) electrons. The number of rotatable bonds is 6. The first-order valence-electron chi connectivity index (χ1n) is 8.12. The van der Waals surface area contributed by atoms with E-state index in [1.807, 2.05) is 30.0 Å². The topological polar surface area (TPSA) is 55.3 Å². The van der Waals surface area contributed by atoms with Crippen LogP contribution in [0.25, 0.3) is 0 Å². The molecule has 2 aromatic rings. The molecule has 0 N–H and O–H groups in total. The number of thioether (sulfide) groups is 1. The minimum Gasteiger partial charge on any atom is -0.472 e. The van der Waals surface area contributed by atoms with Crippen molar-refractivity contribution in [2.45, 2.75) is 30.8 Å². The normalized spacial score (nSPS) is 17.0. The van der Waals surface area contributed by atoms with E-state index in [-0.39, 0.29) is 12.0 Å². The van der Waals surface area contributed by atoms with Gasteiger partial charge < -0.3 is 9.64 Å². The van der Waals surface area contributed by atoms with E-state index in [1.165, 1.54) is 4.90 Å². The van der Waals surface area contributed by atoms with Crippen LogP contribution in [0.15, 0.2) is 47.5 Å². The van der Waals surface area contributed by atoms with Crippen molar-refractivity contribution in [2.24, 2.45) is 0 Å². The lowest BCUT2D eigenvalue weighted by atomic mass is 10.3. The van der Waals surface area contributed by atoms with Crippen molar-refractivity contribution >= 4 is 17.7 Å². The average Bonchev–Trinajstić information content (AvgIpc) is 3.04. The van der Waals surface area contributed by atoms with Crippen LogP contribution >= 0.6 is 11.8 Å². The summed E-state index contributed by atoms with van der Waals surface area (Å²) in [6, 6.07) is 11.9. The van der Waals surface area contributed by atoms with E-state index in [2.05, 4.69) is 22.1 Å². The molecule has 0 unspecified atom stereocenters. The second-order valence-corrected chi connectivity index (χ2v) is 6.89. The highest BCUT2D eigenvalue weighted by Crippen LogP contribution is 2.20. The van der Waals surface area contributed by atoms with Gasteiger partial charge in [0.25, 0.3) is 0 Å². The van der Waals surface area contributed by atoms with Gasteiger partial charge in [-0.15, -0.1) is 11.8 Å². The van der Waals surface area contributed by atoms with Crippen molar-refractivity contribution < 1.29 is 9.53 Å². The van der Waals surface area contributed by atoms with Gasteiger partial charge in [-0.25, -0.2) is 4.98 Å². The molecule has 0 bridgehead atoms. The molecule has 1 aliphatic rings. The number of carbonyl (C=O) groups excluding carboxylic acids is 1. The molecular formula is C18H21N3O2S. The molecule has 0 spiro atoms. The molecule has 6 heteroatoms. The van der Waals surface area contributed by atoms with E-state index in [0.29, 0.717) is 24.7 Å². The molecule has 1 atom stereocenters. The van der Waals surface area contributed by atoms with E-state index >= 15 is 0 Å². The van der Waals surface area contributed by atoms with Crippen LogP contribution in [0.3, 0.4) is 0 Å². The van der Waals surface area contributed by atoms with Crippen LogP contribution in [0.4, 0.5) is 0 Å². The molecule has 5 nitrogen and oxygen atoms in total. The summed E-state index contributed by atoms with van der Waals surface area (Å²) in [6.07, 6.45) is 3.11. The molecular weight excluding hydrogens is 322 g/mol. The molecule has 2 heterocycles. The first-order valence-corrected chi connectivity index (χ1v) is 9.11. The summed E-state index contributed by atoms with van der Waals surface area (Å²) in [6.45, 7) is 3.23. The fourth-order valence-electron chi connectivity index (χ4n) is 2.65. The van der Waals surface area contributed by atoms with Gasteiger partial charge in [-0.1, -0.05) is 18.2 Å². The fourth-order valence-corrected chi connectivity index (χ4v) is 3.51. The molecule has 1 aromatic heterocycles. The Kier molecular flexibility index (Phi) is 5.69. The van der Waals surface area contributed by atoms with Gasteiger partial charge in [0.05, 0.1) is 6.54 Å². The Labute approximate surface area is 146 Å². The fraction of sp³-hybridized carbons (Fsp3) is 0.389. The van der Waals surface area contributed by atoms with Crippen LogP contribution in [0.1, 0.15) is 18.7 Å². The van der Waals surface area contributed by atoms with Gasteiger partial charge in [0.15, 0.2) is 0 Å². The maximum absolute atomic E-state index is 12.3. The summed E-state index contributed by atoms with van der Waals surface area (Å²) in [7, 11) is 0. The zero-order valence-corrected chi connectivity index (χ0v) is 14.5. The summed E-state index contributed by atoms with van der Waals surface area (Å²) < 4.78 is 5.86. The summed E-state index contributed by atoms with van der Waals surface area (Å²) in [5, 5.41) is 0. The third-order valence-corrected chi connectivity index (χ3v) is 4.88. The number of aromatic nitrogens is 2. The largest absolute Gasteiger partial charge is 0.472 e. The molecule has 3 rings (SSSR count). The van der Waals surface area contributed by atoms with Crippen molar-refractivity contribution in [3.05, 3.63) is 48.4 Å². The molecule has 1 aromatic carbocycles. The third kappa shape index (κ3) is 4.71. The van der Waals surface area contributed by atoms with Crippen LogP contribution in [0.5, 0.6) is 5.88 Å². The van der Waals surface area contributed by atoms with Crippen LogP contribution in [0.2, 0.25) is 0 Å². The first kappa shape index (κ1) is 16.8. The van der Waals surface area contributed by atoms with E-state index in [0.717, 1.165) is 18.7 Å². The van der Waals surface area contributed by atoms with Crippen LogP contribution < -0.4 is 4.74 Å². The van der Waals surface area contributed by atoms with Gasteiger partial charge in [0, 0.05) is 42.3 Å². The number of likely N-dealkylation sites (tertiary alicyclic amines) is 1. The molecule has 126 valence electrons. The van der Waals surface area contributed by atoms with Crippen molar-refractivity contribution in [3.63, 3.8) is 0 Å². The average molecular weight is 343 g/mol. The minimum absolute atomic E-state index is 0.0185. The number of hydrogen-bond acceptors (Lipinski definition) is 5. The second-order valence-electron chi connectivity index (χ2n) is 5.72. The van der Waals surface area contributed by atoms with E-state index in [9.17, 15) is 4.79 Å². The van der Waals surface area contributed by atoms with Gasteiger partial charge in [-0.2, -0.15) is 4.98 Å². The van der Waals surface area contributed by atoms with Crippen molar-refractivity contribution in [1.82, 2.24) is 14.9 Å². The van der Waals surface area contributed by atoms with E-state index in [4.69, 9.17) is 4.74 Å². The van der Waals surface area contributed by atoms with Gasteiger partial charge in [-0.05, 0) is 19.1 Å². The lowest BCUT2D eigenvalue weighted by Gasteiger charge is -2.17. The highest BCUT2D eigenvalue weighted by Gasteiger charge is 2.27. The number of benzene rings is 1. The summed E-state index contributed by atoms with van der Waals surface area (Å²) >= 11 is 1.72. The minimum atomic E-state index is 0.0185. The summed E-state index contributed by atoms with van der Waals surface area (Å²) in [5.41, 5.74) is 0. The van der Waals surface area contributed by atoms with Gasteiger partial charge in [0.2, 0.25) is 11.8 Å². The predicted octanol–water partition coefficient (Wildman–Crippen LogP) is 2.95. The van der Waals surface area contributed by atoms with Crippen LogP contribution in [-0.2, 0) is 4.79 Å². The molecule has 0 saturated carbocycles. The third-order valence-electron chi connectivity index (χ3n) is 3.86. The number of nitrogens with zero attached hydrogens (tertiary/aromatic N) is 3. The molecule has 24 heavy (non-hydrogen) atoms. The quantitative estimate of drug-likeness (QED) is 0.755. The highest BCUT2D eigenvalue weighted by molar-refractivity contribution is 7.99. The molecule has 1 saturated heterocycles. The van der Waals surface area contributed by atoms with Crippen molar-refractivity contribution in [3.8, 4) is 5.88 Å². The highest BCUT2D eigenvalue weighted by atomic mass is 32.2. The van der Waals surface area contributed by atoms with Gasteiger partial charge >= 0.3 is 0 Å². The lowest BCUT2D eigenvalue weighted by Crippen LogP contribution is -2.31. The van der Waals surface area contributed by atoms with Crippen molar-refractivity contribution in [1.29, 1.82) is 0 Å². The molecule has 0 aliphatic carbocycles. The van der Waals surface area contributed by atoms with E-state index < -0.39 is 0 Å². The Balaban J connectivity index is 1.42. The predicted molar refractivity (Wildman–Crippen MR) is 94.2 cm³/mol. The second kappa shape index (κ2) is 8.15. The summed E-state index contributed by atoms with van der Waals surface area (Å²) in [4.78, 5) is 23.7. The van der Waals surface area contributed by atoms with Crippen LogP contribution in [-0.4, -0.2) is 45.7 Å². The molecule has 1 aliphatic heterocycles. The van der Waals surface area contributed by atoms with Crippen LogP contribution in [0, 0.1) is 6.92 Å². The smallest absolute Gasteiger partial charge is 0.223 e. The SMILES string of the molecule is Cc1nccc(O[C@@H]2CCN(C(=O)CCSc3ccccc3)C2)n1. The Morgan fingerprint density at radius 2 is 2.17 bits per heavy atom. The number of amides is 1. The standard InChI is InChI=1S/C18H21N3O2S/c1-14-19-10-7-17(20-14)23-15-8-11-21(13-15)18(22)9-12-24-16-5-3-2-4-6-16/h2-7,10,15H,8-9,11-13H2,1H3/t15-/m1/s1.